The molecule has 43 heavy (non-hydrogen) atoms. The van der Waals surface area contributed by atoms with Crippen molar-refractivity contribution in [1.82, 2.24) is 10.2 Å². The highest BCUT2D eigenvalue weighted by Gasteiger charge is 2.51. The number of amides is 1. The third kappa shape index (κ3) is 10.1. The first-order valence-corrected chi connectivity index (χ1v) is 14.9. The number of rotatable bonds is 10. The van der Waals surface area contributed by atoms with Crippen LogP contribution in [-0.2, 0) is 32.0 Å². The number of carbonyl (C=O) groups excluding carboxylic acids is 3. The summed E-state index contributed by atoms with van der Waals surface area (Å²) in [5.41, 5.74) is 5.08. The predicted molar refractivity (Wildman–Crippen MR) is 167 cm³/mol. The van der Waals surface area contributed by atoms with Gasteiger partial charge in [-0.05, 0) is 104 Å². The van der Waals surface area contributed by atoms with Crippen LogP contribution in [0.4, 0.5) is 0 Å². The van der Waals surface area contributed by atoms with Crippen LogP contribution in [0.2, 0.25) is 0 Å². The van der Waals surface area contributed by atoms with Crippen molar-refractivity contribution in [3.63, 3.8) is 0 Å². The molecule has 0 unspecified atom stereocenters. The van der Waals surface area contributed by atoms with Gasteiger partial charge in [-0.15, -0.1) is 0 Å². The van der Waals surface area contributed by atoms with Gasteiger partial charge in [-0.2, -0.15) is 0 Å². The molecule has 0 aliphatic carbocycles. The zero-order chi connectivity index (χ0) is 32.2. The second kappa shape index (κ2) is 13.1. The van der Waals surface area contributed by atoms with Crippen molar-refractivity contribution in [3.8, 4) is 11.5 Å². The number of carbonyl (C=O) groups is 3. The van der Waals surface area contributed by atoms with Crippen LogP contribution in [0.3, 0.4) is 0 Å². The highest BCUT2D eigenvalue weighted by atomic mass is 16.6. The maximum Gasteiger partial charge on any atom is 0.326 e. The molecule has 0 aromatic heterocycles. The number of esters is 1. The first-order valence-electron chi connectivity index (χ1n) is 14.9. The van der Waals surface area contributed by atoms with E-state index in [1.54, 1.807) is 20.8 Å². The van der Waals surface area contributed by atoms with Gasteiger partial charge in [0.25, 0.3) is 5.91 Å². The lowest BCUT2D eigenvalue weighted by Crippen LogP contribution is -2.72. The van der Waals surface area contributed by atoms with Crippen LogP contribution in [0.25, 0.3) is 0 Å². The molecule has 2 atom stereocenters. The maximum absolute atomic E-state index is 14.2. The lowest BCUT2D eigenvalue weighted by atomic mass is 9.79. The lowest BCUT2D eigenvalue weighted by Gasteiger charge is -2.42. The molecule has 1 fully saturated rings. The van der Waals surface area contributed by atoms with E-state index >= 15 is 0 Å². The number of hydrogen-bond acceptors (Lipinski definition) is 8. The number of piperazine rings is 1. The minimum atomic E-state index is -1.65. The van der Waals surface area contributed by atoms with Gasteiger partial charge >= 0.3 is 5.97 Å². The van der Waals surface area contributed by atoms with Gasteiger partial charge in [0.1, 0.15) is 34.8 Å². The minimum Gasteiger partial charge on any atom is -0.488 e. The Labute approximate surface area is 256 Å². The number of ether oxygens (including phenoxy) is 3. The van der Waals surface area contributed by atoms with Gasteiger partial charge in [-0.3, -0.25) is 19.7 Å². The molecular formula is C34H49N3O6. The molecule has 1 heterocycles. The molecule has 0 saturated carbocycles. The van der Waals surface area contributed by atoms with E-state index in [4.69, 9.17) is 19.9 Å². The topological polar surface area (TPSA) is 120 Å². The Hall–Kier alpha value is -3.43. The fraction of sp³-hybridized carbons (Fsp3) is 0.559. The third-order valence-corrected chi connectivity index (χ3v) is 6.58. The summed E-state index contributed by atoms with van der Waals surface area (Å²) in [6.07, 6.45) is 0.299. The van der Waals surface area contributed by atoms with Gasteiger partial charge < -0.3 is 24.8 Å². The maximum atomic E-state index is 14.2. The van der Waals surface area contributed by atoms with Gasteiger partial charge in [0.05, 0.1) is 6.04 Å². The quantitative estimate of drug-likeness (QED) is 0.309. The number of nitrogens with zero attached hydrogens (tertiary/aromatic N) is 1. The number of Topliss-reactive ketones (excluding diaryl/α,β-unsaturated/α-hetero) is 1. The molecule has 2 aromatic carbocycles. The summed E-state index contributed by atoms with van der Waals surface area (Å²) in [6.45, 7) is 17.4. The van der Waals surface area contributed by atoms with E-state index in [1.807, 2.05) is 90.1 Å². The molecule has 1 aliphatic heterocycles. The predicted octanol–water partition coefficient (Wildman–Crippen LogP) is 4.24. The zero-order valence-corrected chi connectivity index (χ0v) is 27.2. The second-order valence-electron chi connectivity index (χ2n) is 14.2. The number of hydrogen-bond donors (Lipinski definition) is 2. The highest BCUT2D eigenvalue weighted by molar-refractivity contribution is 6.13. The molecule has 3 N–H and O–H groups in total. The second-order valence-corrected chi connectivity index (χ2v) is 14.2. The Morgan fingerprint density at radius 1 is 0.837 bits per heavy atom. The van der Waals surface area contributed by atoms with Crippen LogP contribution < -0.4 is 20.5 Å². The summed E-state index contributed by atoms with van der Waals surface area (Å²) in [4.78, 5) is 42.4. The molecule has 0 radical (unpaired) electrons. The molecule has 2 aromatic rings. The highest BCUT2D eigenvalue weighted by Crippen LogP contribution is 2.27. The number of ketones is 1. The van der Waals surface area contributed by atoms with Crippen molar-refractivity contribution in [2.45, 2.75) is 104 Å². The van der Waals surface area contributed by atoms with Crippen LogP contribution in [0.15, 0.2) is 48.5 Å². The molecule has 0 spiro atoms. The molecular weight excluding hydrogens is 546 g/mol. The first-order chi connectivity index (χ1) is 19.8. The van der Waals surface area contributed by atoms with E-state index in [9.17, 15) is 14.4 Å². The minimum absolute atomic E-state index is 0.0668. The molecule has 1 aliphatic rings. The molecule has 1 saturated heterocycles. The Balaban J connectivity index is 1.89. The van der Waals surface area contributed by atoms with Crippen molar-refractivity contribution in [2.24, 2.45) is 5.73 Å². The molecule has 9 heteroatoms. The van der Waals surface area contributed by atoms with Crippen LogP contribution >= 0.6 is 0 Å². The van der Waals surface area contributed by atoms with Crippen molar-refractivity contribution in [3.05, 3.63) is 59.7 Å². The average Bonchev–Trinajstić information content (AvgIpc) is 2.85. The van der Waals surface area contributed by atoms with Gasteiger partial charge in [-0.25, -0.2) is 0 Å². The van der Waals surface area contributed by atoms with E-state index in [0.29, 0.717) is 18.0 Å². The standard InChI is InChI=1S/C34H49N3O6/c1-31(2,3)41-25-14-10-23(11-15-25)20-27(35)29(39)34(21-24-12-16-26(17-13-24)42-32(4,5)6)30(40)37(19-18-36-34)22-28(38)43-33(7,8)9/h10-17,27,36H,18-22,35H2,1-9H3/t27-,34-/m0/s1. The molecule has 0 bridgehead atoms. The monoisotopic (exact) mass is 595 g/mol. The Bertz CT molecular complexity index is 1270. The smallest absolute Gasteiger partial charge is 0.326 e. The summed E-state index contributed by atoms with van der Waals surface area (Å²) in [5, 5.41) is 3.21. The summed E-state index contributed by atoms with van der Waals surface area (Å²) in [6, 6.07) is 13.8. The Kier molecular flexibility index (Phi) is 10.3. The molecule has 9 nitrogen and oxygen atoms in total. The van der Waals surface area contributed by atoms with E-state index in [-0.39, 0.29) is 37.1 Å². The molecule has 3 rings (SSSR count). The Morgan fingerprint density at radius 2 is 1.33 bits per heavy atom. The van der Waals surface area contributed by atoms with E-state index in [0.717, 1.165) is 11.1 Å². The summed E-state index contributed by atoms with van der Waals surface area (Å²) >= 11 is 0. The van der Waals surface area contributed by atoms with Crippen molar-refractivity contribution in [1.29, 1.82) is 0 Å². The van der Waals surface area contributed by atoms with Gasteiger partial charge in [-0.1, -0.05) is 24.3 Å². The normalized spacial score (nSPS) is 18.7. The van der Waals surface area contributed by atoms with Crippen LogP contribution in [0.1, 0.15) is 73.4 Å². The third-order valence-electron chi connectivity index (χ3n) is 6.58. The zero-order valence-electron chi connectivity index (χ0n) is 27.2. The first kappa shape index (κ1) is 34.1. The van der Waals surface area contributed by atoms with Crippen LogP contribution in [-0.4, -0.2) is 70.6 Å². The van der Waals surface area contributed by atoms with Crippen LogP contribution in [0, 0.1) is 0 Å². The average molecular weight is 596 g/mol. The number of benzene rings is 2. The lowest BCUT2D eigenvalue weighted by molar-refractivity contribution is -0.162. The fourth-order valence-electron chi connectivity index (χ4n) is 4.99. The molecule has 236 valence electrons. The summed E-state index contributed by atoms with van der Waals surface area (Å²) in [5.74, 6) is -0.0600. The molecule has 1 amide bonds. The number of nitrogens with two attached hydrogens (primary N) is 1. The van der Waals surface area contributed by atoms with Crippen molar-refractivity contribution >= 4 is 17.7 Å². The SMILES string of the molecule is CC(C)(C)OC(=O)CN1CCN[C@@](Cc2ccc(OC(C)(C)C)cc2)(C(=O)[C@@H](N)Cc2ccc(OC(C)(C)C)cc2)C1=O. The van der Waals surface area contributed by atoms with Crippen molar-refractivity contribution in [2.75, 3.05) is 19.6 Å². The van der Waals surface area contributed by atoms with Gasteiger partial charge in [0.2, 0.25) is 0 Å². The van der Waals surface area contributed by atoms with Crippen molar-refractivity contribution < 1.29 is 28.6 Å². The largest absolute Gasteiger partial charge is 0.488 e. The number of nitrogens with one attached hydrogen (secondary N) is 1. The van der Waals surface area contributed by atoms with E-state index in [2.05, 4.69) is 5.32 Å². The van der Waals surface area contributed by atoms with Gasteiger partial charge in [0.15, 0.2) is 11.3 Å². The fourth-order valence-corrected chi connectivity index (χ4v) is 4.99. The summed E-state index contributed by atoms with van der Waals surface area (Å²) in [7, 11) is 0. The van der Waals surface area contributed by atoms with E-state index < -0.39 is 34.8 Å². The van der Waals surface area contributed by atoms with E-state index in [1.165, 1.54) is 4.90 Å². The van der Waals surface area contributed by atoms with Gasteiger partial charge in [0, 0.05) is 19.5 Å². The summed E-state index contributed by atoms with van der Waals surface area (Å²) < 4.78 is 17.3. The Morgan fingerprint density at radius 3 is 1.79 bits per heavy atom. The van der Waals surface area contributed by atoms with Crippen LogP contribution in [0.5, 0.6) is 11.5 Å².